The van der Waals surface area contributed by atoms with Crippen molar-refractivity contribution in [2.45, 2.75) is 32.0 Å². The Morgan fingerprint density at radius 3 is 2.85 bits per heavy atom. The summed E-state index contributed by atoms with van der Waals surface area (Å²) in [6, 6.07) is 6.48. The number of Topliss-reactive ketones (excluding diaryl/α,β-unsaturated/α-hetero) is 1. The van der Waals surface area contributed by atoms with E-state index in [1.165, 1.54) is 18.0 Å². The van der Waals surface area contributed by atoms with E-state index in [-0.39, 0.29) is 41.6 Å². The lowest BCUT2D eigenvalue weighted by Gasteiger charge is -2.33. The van der Waals surface area contributed by atoms with Gasteiger partial charge in [0, 0.05) is 37.3 Å². The van der Waals surface area contributed by atoms with Crippen LogP contribution in [0, 0.1) is 0 Å². The molecule has 1 saturated heterocycles. The van der Waals surface area contributed by atoms with Crippen molar-refractivity contribution in [3.05, 3.63) is 58.7 Å². The minimum atomic E-state index is -1.88. The van der Waals surface area contributed by atoms with Crippen LogP contribution in [0.25, 0.3) is 11.0 Å². The van der Waals surface area contributed by atoms with Gasteiger partial charge in [-0.25, -0.2) is 4.98 Å². The summed E-state index contributed by atoms with van der Waals surface area (Å²) in [5, 5.41) is 0. The average molecular weight is 472 g/mol. The molecule has 1 aromatic carbocycles. The maximum Gasteiger partial charge on any atom is 0.278 e. The van der Waals surface area contributed by atoms with Crippen LogP contribution in [-0.4, -0.2) is 46.1 Å². The first-order valence-corrected chi connectivity index (χ1v) is 10.9. The Hall–Kier alpha value is -3.73. The van der Waals surface area contributed by atoms with Crippen LogP contribution >= 0.6 is 0 Å². The molecule has 3 aromatic rings. The molecule has 0 saturated carbocycles. The van der Waals surface area contributed by atoms with Gasteiger partial charge in [-0.1, -0.05) is 12.1 Å². The highest BCUT2D eigenvalue weighted by molar-refractivity contribution is 5.98. The highest BCUT2D eigenvalue weighted by Gasteiger charge is 2.27. The van der Waals surface area contributed by atoms with E-state index in [1.54, 1.807) is 24.3 Å². The Labute approximate surface area is 194 Å². The monoisotopic (exact) mass is 472 g/mol. The molecule has 1 fully saturated rings. The molecule has 9 nitrogen and oxygen atoms in total. The van der Waals surface area contributed by atoms with Crippen molar-refractivity contribution in [3.8, 4) is 5.75 Å². The van der Waals surface area contributed by atoms with Gasteiger partial charge in [-0.3, -0.25) is 14.2 Å². The highest BCUT2D eigenvalue weighted by atomic mass is 19.3. The van der Waals surface area contributed by atoms with Crippen LogP contribution in [0.2, 0.25) is 0 Å². The first-order valence-electron chi connectivity index (χ1n) is 10.9. The fourth-order valence-electron chi connectivity index (χ4n) is 4.31. The molecule has 0 radical (unpaired) electrons. The maximum atomic E-state index is 13.4. The Morgan fingerprint density at radius 1 is 1.35 bits per heavy atom. The molecule has 1 atom stereocenters. The number of ether oxygens (including phenoxy) is 1. The lowest BCUT2D eigenvalue weighted by molar-refractivity contribution is 0.0970. The largest absolute Gasteiger partial charge is 0.497 e. The molecule has 2 aromatic heterocycles. The molecule has 4 N–H and O–H groups in total. The third kappa shape index (κ3) is 4.51. The number of methoxy groups -OCH3 is 1. The molecule has 3 heterocycles. The SMILES string of the molecule is COc1cccc(C(=O)Cn2cnc3c(N)c(N4CCC[C@H](N)C4)n(CC=C(F)F)c3c2=O)c1. The van der Waals surface area contributed by atoms with Gasteiger partial charge >= 0.3 is 0 Å². The summed E-state index contributed by atoms with van der Waals surface area (Å²) in [7, 11) is 1.49. The van der Waals surface area contributed by atoms with E-state index in [1.807, 2.05) is 4.90 Å². The topological polar surface area (TPSA) is 121 Å². The molecule has 0 bridgehead atoms. The van der Waals surface area contributed by atoms with Crippen molar-refractivity contribution in [2.24, 2.45) is 5.73 Å². The molecule has 4 rings (SSSR count). The van der Waals surface area contributed by atoms with Gasteiger partial charge in [0.1, 0.15) is 28.3 Å². The van der Waals surface area contributed by atoms with E-state index in [0.717, 1.165) is 17.4 Å². The highest BCUT2D eigenvalue weighted by Crippen LogP contribution is 2.34. The summed E-state index contributed by atoms with van der Waals surface area (Å²) < 4.78 is 33.7. The number of allylic oxidation sites excluding steroid dienone is 1. The Kier molecular flexibility index (Phi) is 6.64. The van der Waals surface area contributed by atoms with Crippen LogP contribution in [0.5, 0.6) is 5.75 Å². The van der Waals surface area contributed by atoms with Gasteiger partial charge in [-0.15, -0.1) is 0 Å². The molecule has 0 aliphatic carbocycles. The normalized spacial score (nSPS) is 16.0. The number of anilines is 2. The third-order valence-corrected chi connectivity index (χ3v) is 5.93. The number of piperidine rings is 1. The Balaban J connectivity index is 1.80. The van der Waals surface area contributed by atoms with E-state index >= 15 is 0 Å². The first kappa shape index (κ1) is 23.4. The number of nitrogens with two attached hydrogens (primary N) is 2. The maximum absolute atomic E-state index is 13.4. The van der Waals surface area contributed by atoms with Gasteiger partial charge in [0.25, 0.3) is 11.6 Å². The molecule has 1 aliphatic heterocycles. The third-order valence-electron chi connectivity index (χ3n) is 5.93. The summed E-state index contributed by atoms with van der Waals surface area (Å²) in [5.74, 6) is 0.618. The molecular weight excluding hydrogens is 446 g/mol. The lowest BCUT2D eigenvalue weighted by atomic mass is 10.1. The van der Waals surface area contributed by atoms with Crippen LogP contribution < -0.4 is 26.7 Å². The van der Waals surface area contributed by atoms with Gasteiger partial charge < -0.3 is 25.7 Å². The zero-order chi connectivity index (χ0) is 24.4. The fraction of sp³-hybridized carbons (Fsp3) is 0.348. The van der Waals surface area contributed by atoms with Crippen LogP contribution in [-0.2, 0) is 13.1 Å². The number of nitrogen functional groups attached to an aromatic ring is 1. The van der Waals surface area contributed by atoms with E-state index in [2.05, 4.69) is 4.98 Å². The van der Waals surface area contributed by atoms with Crippen molar-refractivity contribution >= 4 is 28.3 Å². The second-order valence-electron chi connectivity index (χ2n) is 8.22. The van der Waals surface area contributed by atoms with E-state index in [0.29, 0.717) is 36.3 Å². The summed E-state index contributed by atoms with van der Waals surface area (Å²) >= 11 is 0. The van der Waals surface area contributed by atoms with Crippen molar-refractivity contribution in [3.63, 3.8) is 0 Å². The van der Waals surface area contributed by atoms with Gasteiger partial charge in [-0.05, 0) is 25.0 Å². The zero-order valence-corrected chi connectivity index (χ0v) is 18.7. The molecule has 34 heavy (non-hydrogen) atoms. The predicted octanol–water partition coefficient (Wildman–Crippen LogP) is 2.38. The minimum Gasteiger partial charge on any atom is -0.497 e. The number of carbonyl (C=O) groups excluding carboxylic acids is 1. The predicted molar refractivity (Wildman–Crippen MR) is 125 cm³/mol. The summed E-state index contributed by atoms with van der Waals surface area (Å²) in [6.07, 6.45) is 1.74. The zero-order valence-electron chi connectivity index (χ0n) is 18.7. The number of halogens is 2. The molecule has 0 amide bonds. The standard InChI is InChI=1S/C23H26F2N6O3/c1-34-16-6-2-4-14(10-16)17(32)12-30-13-28-20-19(27)22(29-8-3-5-15(26)11-29)31(9-7-18(24)25)21(20)23(30)33/h2,4,6-7,10,13,15H,3,5,8-9,11-12,26-27H2,1H3/t15-/m0/s1. The minimum absolute atomic E-state index is 0.0603. The number of nitrogens with zero attached hydrogens (tertiary/aromatic N) is 4. The number of rotatable bonds is 7. The molecular formula is C23H26F2N6O3. The number of carbonyl (C=O) groups is 1. The number of hydrogen-bond donors (Lipinski definition) is 2. The van der Waals surface area contributed by atoms with Crippen molar-refractivity contribution in [2.75, 3.05) is 30.8 Å². The lowest BCUT2D eigenvalue weighted by Crippen LogP contribution is -2.44. The van der Waals surface area contributed by atoms with Gasteiger partial charge in [0.05, 0.1) is 20.0 Å². The molecule has 1 aliphatic rings. The van der Waals surface area contributed by atoms with Crippen molar-refractivity contribution in [1.82, 2.24) is 14.1 Å². The number of ketones is 1. The first-order chi connectivity index (χ1) is 16.3. The number of aromatic nitrogens is 3. The van der Waals surface area contributed by atoms with Gasteiger partial charge in [0.2, 0.25) is 0 Å². The average Bonchev–Trinajstić information content (AvgIpc) is 3.11. The molecule has 11 heteroatoms. The Bertz CT molecular complexity index is 1310. The number of fused-ring (bicyclic) bond motifs is 1. The second-order valence-corrected chi connectivity index (χ2v) is 8.22. The van der Waals surface area contributed by atoms with Gasteiger partial charge in [0.15, 0.2) is 5.78 Å². The Morgan fingerprint density at radius 2 is 2.15 bits per heavy atom. The molecule has 0 unspecified atom stereocenters. The van der Waals surface area contributed by atoms with Gasteiger partial charge in [-0.2, -0.15) is 8.78 Å². The summed E-state index contributed by atoms with van der Waals surface area (Å²) in [4.78, 5) is 32.5. The van der Waals surface area contributed by atoms with E-state index in [4.69, 9.17) is 16.2 Å². The van der Waals surface area contributed by atoms with Crippen LogP contribution in [0.4, 0.5) is 20.3 Å². The molecule has 180 valence electrons. The summed E-state index contributed by atoms with van der Waals surface area (Å²) in [5.41, 5.74) is 12.8. The number of hydrogen-bond acceptors (Lipinski definition) is 7. The molecule has 0 spiro atoms. The van der Waals surface area contributed by atoms with E-state index < -0.39 is 11.6 Å². The van der Waals surface area contributed by atoms with Crippen molar-refractivity contribution < 1.29 is 18.3 Å². The number of benzene rings is 1. The second kappa shape index (κ2) is 9.64. The smallest absolute Gasteiger partial charge is 0.278 e. The van der Waals surface area contributed by atoms with E-state index in [9.17, 15) is 18.4 Å². The van der Waals surface area contributed by atoms with Crippen LogP contribution in [0.3, 0.4) is 0 Å². The van der Waals surface area contributed by atoms with Crippen LogP contribution in [0.1, 0.15) is 23.2 Å². The fourth-order valence-corrected chi connectivity index (χ4v) is 4.31. The van der Waals surface area contributed by atoms with Crippen LogP contribution in [0.15, 0.2) is 47.5 Å². The quantitative estimate of drug-likeness (QED) is 0.507. The summed E-state index contributed by atoms with van der Waals surface area (Å²) in [6.45, 7) is 0.544. The van der Waals surface area contributed by atoms with Crippen molar-refractivity contribution in [1.29, 1.82) is 0 Å².